The molecule has 7 nitrogen and oxygen atoms in total. The summed E-state index contributed by atoms with van der Waals surface area (Å²) in [5.74, 6) is -4.40. The summed E-state index contributed by atoms with van der Waals surface area (Å²) in [6.45, 7) is 1.51. The van der Waals surface area contributed by atoms with Crippen LogP contribution < -0.4 is 14.8 Å². The standard InChI is InChI=1S/C26H19F3N4O3/c1-2-35-22-12-15(11-16(13-30)26-32-18-5-3-4-6-19(18)33-26)7-10-21(22)36-14-23(34)31-20-9-8-17(27)24(28)25(20)29/h3-12H,2,14H2,1H3,(H,31,34)(H,32,33). The van der Waals surface area contributed by atoms with Crippen LogP contribution in [0.2, 0.25) is 0 Å². The van der Waals surface area contributed by atoms with E-state index in [-0.39, 0.29) is 5.75 Å². The van der Waals surface area contributed by atoms with Crippen LogP contribution in [0.5, 0.6) is 11.5 Å². The van der Waals surface area contributed by atoms with Crippen LogP contribution in [0, 0.1) is 28.8 Å². The molecule has 3 aromatic carbocycles. The van der Waals surface area contributed by atoms with E-state index in [9.17, 15) is 23.2 Å². The smallest absolute Gasteiger partial charge is 0.262 e. The number of fused-ring (bicyclic) bond motifs is 1. The Kier molecular flexibility index (Phi) is 7.20. The molecule has 2 N–H and O–H groups in total. The maximum atomic E-state index is 13.8. The topological polar surface area (TPSA) is 100 Å². The van der Waals surface area contributed by atoms with E-state index in [1.54, 1.807) is 31.2 Å². The minimum absolute atomic E-state index is 0.220. The summed E-state index contributed by atoms with van der Waals surface area (Å²) in [7, 11) is 0. The van der Waals surface area contributed by atoms with Crippen molar-refractivity contribution in [1.82, 2.24) is 9.97 Å². The summed E-state index contributed by atoms with van der Waals surface area (Å²) in [5.41, 5.74) is 1.94. The first-order chi connectivity index (χ1) is 17.4. The lowest BCUT2D eigenvalue weighted by molar-refractivity contribution is -0.118. The first-order valence-corrected chi connectivity index (χ1v) is 10.8. The predicted molar refractivity (Wildman–Crippen MR) is 128 cm³/mol. The van der Waals surface area contributed by atoms with Gasteiger partial charge in [-0.1, -0.05) is 18.2 Å². The molecule has 0 unspecified atom stereocenters. The number of nitriles is 1. The van der Waals surface area contributed by atoms with E-state index >= 15 is 0 Å². The Hall–Kier alpha value is -4.78. The molecule has 0 saturated heterocycles. The van der Waals surface area contributed by atoms with Crippen LogP contribution >= 0.6 is 0 Å². The van der Waals surface area contributed by atoms with Crippen molar-refractivity contribution in [2.24, 2.45) is 0 Å². The zero-order chi connectivity index (χ0) is 25.7. The Labute approximate surface area is 203 Å². The summed E-state index contributed by atoms with van der Waals surface area (Å²) < 4.78 is 51.3. The molecule has 0 bridgehead atoms. The minimum atomic E-state index is -1.68. The molecular formula is C26H19F3N4O3. The summed E-state index contributed by atoms with van der Waals surface area (Å²) in [6.07, 6.45) is 1.63. The number of hydrogen-bond donors (Lipinski definition) is 2. The number of para-hydroxylation sites is 2. The number of halogens is 3. The molecule has 0 aliphatic rings. The molecule has 0 saturated carbocycles. The van der Waals surface area contributed by atoms with Gasteiger partial charge in [0.25, 0.3) is 5.91 Å². The van der Waals surface area contributed by atoms with Crippen molar-refractivity contribution in [3.05, 3.63) is 83.4 Å². The molecule has 0 spiro atoms. The van der Waals surface area contributed by atoms with Gasteiger partial charge in [-0.2, -0.15) is 5.26 Å². The van der Waals surface area contributed by atoms with E-state index in [1.165, 1.54) is 0 Å². The molecule has 4 aromatic rings. The number of benzene rings is 3. The lowest BCUT2D eigenvalue weighted by atomic mass is 10.1. The highest BCUT2D eigenvalue weighted by atomic mass is 19.2. The van der Waals surface area contributed by atoms with Crippen molar-refractivity contribution in [2.45, 2.75) is 6.92 Å². The molecule has 0 aliphatic carbocycles. The molecule has 0 aliphatic heterocycles. The van der Waals surface area contributed by atoms with Crippen molar-refractivity contribution in [2.75, 3.05) is 18.5 Å². The van der Waals surface area contributed by atoms with Crippen LogP contribution in [0.15, 0.2) is 54.6 Å². The number of hydrogen-bond acceptors (Lipinski definition) is 5. The second kappa shape index (κ2) is 10.7. The van der Waals surface area contributed by atoms with Crippen LogP contribution in [0.1, 0.15) is 18.3 Å². The van der Waals surface area contributed by atoms with Gasteiger partial charge in [0, 0.05) is 0 Å². The Morgan fingerprint density at radius 1 is 1.08 bits per heavy atom. The van der Waals surface area contributed by atoms with E-state index in [0.717, 1.165) is 17.1 Å². The van der Waals surface area contributed by atoms with Gasteiger partial charge in [0.05, 0.1) is 28.9 Å². The lowest BCUT2D eigenvalue weighted by Gasteiger charge is -2.13. The summed E-state index contributed by atoms with van der Waals surface area (Å²) in [6, 6.07) is 16.0. The van der Waals surface area contributed by atoms with Gasteiger partial charge in [0.1, 0.15) is 11.9 Å². The summed E-state index contributed by atoms with van der Waals surface area (Å²) in [4.78, 5) is 19.7. The van der Waals surface area contributed by atoms with E-state index in [0.29, 0.717) is 35.4 Å². The molecular weight excluding hydrogens is 473 g/mol. The van der Waals surface area contributed by atoms with Gasteiger partial charge in [0.15, 0.2) is 35.6 Å². The number of nitrogens with one attached hydrogen (secondary N) is 2. The van der Waals surface area contributed by atoms with Gasteiger partial charge in [-0.25, -0.2) is 18.2 Å². The molecule has 1 heterocycles. The van der Waals surface area contributed by atoms with Crippen LogP contribution in [-0.2, 0) is 4.79 Å². The van der Waals surface area contributed by atoms with Gasteiger partial charge < -0.3 is 19.8 Å². The monoisotopic (exact) mass is 492 g/mol. The van der Waals surface area contributed by atoms with Crippen LogP contribution in [0.3, 0.4) is 0 Å². The molecule has 4 rings (SSSR count). The SMILES string of the molecule is CCOc1cc(C=C(C#N)c2nc3ccccc3[nH]2)ccc1OCC(=O)Nc1ccc(F)c(F)c1F. The fraction of sp³-hybridized carbons (Fsp3) is 0.115. The quantitative estimate of drug-likeness (QED) is 0.251. The summed E-state index contributed by atoms with van der Waals surface area (Å²) >= 11 is 0. The Morgan fingerprint density at radius 2 is 1.89 bits per heavy atom. The maximum absolute atomic E-state index is 13.8. The Morgan fingerprint density at radius 3 is 2.64 bits per heavy atom. The normalized spacial score (nSPS) is 11.2. The predicted octanol–water partition coefficient (Wildman–Crippen LogP) is 5.46. The molecule has 36 heavy (non-hydrogen) atoms. The molecule has 0 atom stereocenters. The van der Waals surface area contributed by atoms with E-state index < -0.39 is 35.7 Å². The zero-order valence-corrected chi connectivity index (χ0v) is 18.9. The third-order valence-electron chi connectivity index (χ3n) is 5.01. The van der Waals surface area contributed by atoms with Gasteiger partial charge >= 0.3 is 0 Å². The fourth-order valence-electron chi connectivity index (χ4n) is 3.35. The number of rotatable bonds is 8. The number of aromatic nitrogens is 2. The highest BCUT2D eigenvalue weighted by Crippen LogP contribution is 2.30. The number of amides is 1. The van der Waals surface area contributed by atoms with E-state index in [4.69, 9.17) is 9.47 Å². The zero-order valence-electron chi connectivity index (χ0n) is 18.9. The minimum Gasteiger partial charge on any atom is -0.490 e. The first-order valence-electron chi connectivity index (χ1n) is 10.8. The number of nitrogens with zero attached hydrogens (tertiary/aromatic N) is 2. The number of allylic oxidation sites excluding steroid dienone is 1. The van der Waals surface area contributed by atoms with Crippen LogP contribution in [-0.4, -0.2) is 29.1 Å². The largest absolute Gasteiger partial charge is 0.490 e. The number of carbonyl (C=O) groups excluding carboxylic acids is 1. The lowest BCUT2D eigenvalue weighted by Crippen LogP contribution is -2.21. The number of aromatic amines is 1. The average Bonchev–Trinajstić information content (AvgIpc) is 3.31. The van der Waals surface area contributed by atoms with Crippen molar-refractivity contribution in [3.63, 3.8) is 0 Å². The van der Waals surface area contributed by atoms with Gasteiger partial charge in [-0.15, -0.1) is 0 Å². The summed E-state index contributed by atoms with van der Waals surface area (Å²) in [5, 5.41) is 11.8. The van der Waals surface area contributed by atoms with Gasteiger partial charge in [-0.3, -0.25) is 4.79 Å². The number of ether oxygens (including phenoxy) is 2. The van der Waals surface area contributed by atoms with Crippen molar-refractivity contribution in [1.29, 1.82) is 5.26 Å². The van der Waals surface area contributed by atoms with E-state index in [2.05, 4.69) is 21.4 Å². The Bertz CT molecular complexity index is 1480. The van der Waals surface area contributed by atoms with Gasteiger partial charge in [-0.05, 0) is 55.0 Å². The molecule has 0 radical (unpaired) electrons. The number of H-pyrrole nitrogens is 1. The average molecular weight is 492 g/mol. The van der Waals surface area contributed by atoms with Crippen molar-refractivity contribution >= 4 is 34.3 Å². The fourth-order valence-corrected chi connectivity index (χ4v) is 3.35. The van der Waals surface area contributed by atoms with Crippen LogP contribution in [0.4, 0.5) is 18.9 Å². The number of imidazole rings is 1. The molecule has 10 heteroatoms. The number of carbonyl (C=O) groups is 1. The highest BCUT2D eigenvalue weighted by Gasteiger charge is 2.16. The number of anilines is 1. The molecule has 182 valence electrons. The molecule has 1 aromatic heterocycles. The van der Waals surface area contributed by atoms with E-state index in [1.807, 2.05) is 24.3 Å². The third-order valence-corrected chi connectivity index (χ3v) is 5.01. The second-order valence-electron chi connectivity index (χ2n) is 7.47. The van der Waals surface area contributed by atoms with Gasteiger partial charge in [0.2, 0.25) is 0 Å². The Balaban J connectivity index is 1.51. The van der Waals surface area contributed by atoms with Crippen LogP contribution in [0.25, 0.3) is 22.7 Å². The van der Waals surface area contributed by atoms with Crippen molar-refractivity contribution < 1.29 is 27.4 Å². The highest BCUT2D eigenvalue weighted by molar-refractivity contribution is 5.92. The van der Waals surface area contributed by atoms with Crippen molar-refractivity contribution in [3.8, 4) is 17.6 Å². The maximum Gasteiger partial charge on any atom is 0.262 e. The molecule has 0 fully saturated rings. The molecule has 1 amide bonds. The third kappa shape index (κ3) is 5.31. The second-order valence-corrected chi connectivity index (χ2v) is 7.47. The first kappa shape index (κ1) is 24.3.